The van der Waals surface area contributed by atoms with Crippen LogP contribution in [-0.2, 0) is 21.2 Å². The number of benzene rings is 1. The van der Waals surface area contributed by atoms with E-state index in [0.29, 0.717) is 13.1 Å². The van der Waals surface area contributed by atoms with Crippen LogP contribution in [0.25, 0.3) is 0 Å². The second-order valence-electron chi connectivity index (χ2n) is 6.17. The van der Waals surface area contributed by atoms with E-state index in [-0.39, 0.29) is 0 Å². The smallest absolute Gasteiger partial charge is 0.324 e. The Labute approximate surface area is 151 Å². The van der Waals surface area contributed by atoms with Crippen LogP contribution in [0.4, 0.5) is 18.9 Å². The second kappa shape index (κ2) is 8.36. The molecule has 0 atom stereocenters. The summed E-state index contributed by atoms with van der Waals surface area (Å²) >= 11 is 0. The molecule has 1 aromatic rings. The zero-order chi connectivity index (χ0) is 19.4. The maximum absolute atomic E-state index is 13.0. The molecule has 1 aliphatic rings. The zero-order valence-corrected chi connectivity index (χ0v) is 15.2. The SMILES string of the molecule is CN(CC(=O)Nc1ccccc1C(F)(F)F)S(=O)(=O)N1CCCCCC1. The molecule has 1 aromatic carbocycles. The summed E-state index contributed by atoms with van der Waals surface area (Å²) in [6.45, 7) is 0.196. The number of para-hydroxylation sites is 1. The van der Waals surface area contributed by atoms with Crippen molar-refractivity contribution in [1.82, 2.24) is 8.61 Å². The molecule has 1 saturated heterocycles. The lowest BCUT2D eigenvalue weighted by Gasteiger charge is -2.26. The molecule has 0 spiro atoms. The van der Waals surface area contributed by atoms with E-state index >= 15 is 0 Å². The minimum atomic E-state index is -4.62. The summed E-state index contributed by atoms with van der Waals surface area (Å²) in [5.74, 6) is -0.831. The minimum absolute atomic E-state index is 0.380. The van der Waals surface area contributed by atoms with Crippen LogP contribution in [0.3, 0.4) is 0 Å². The van der Waals surface area contributed by atoms with Crippen molar-refractivity contribution in [2.45, 2.75) is 31.9 Å². The number of nitrogens with one attached hydrogen (secondary N) is 1. The first-order chi connectivity index (χ1) is 12.1. The van der Waals surface area contributed by atoms with Gasteiger partial charge in [0, 0.05) is 20.1 Å². The molecule has 26 heavy (non-hydrogen) atoms. The molecule has 0 saturated carbocycles. The highest BCUT2D eigenvalue weighted by atomic mass is 32.2. The Kier molecular flexibility index (Phi) is 6.64. The van der Waals surface area contributed by atoms with Gasteiger partial charge in [0.05, 0.1) is 17.8 Å². The van der Waals surface area contributed by atoms with Crippen LogP contribution >= 0.6 is 0 Å². The molecule has 1 fully saturated rings. The molecule has 2 rings (SSSR count). The Morgan fingerprint density at radius 1 is 1.15 bits per heavy atom. The fraction of sp³-hybridized carbons (Fsp3) is 0.562. The van der Waals surface area contributed by atoms with E-state index in [4.69, 9.17) is 0 Å². The van der Waals surface area contributed by atoms with Gasteiger partial charge in [0.1, 0.15) is 0 Å². The van der Waals surface area contributed by atoms with Gasteiger partial charge in [-0.3, -0.25) is 4.79 Å². The van der Waals surface area contributed by atoms with Gasteiger partial charge >= 0.3 is 6.18 Å². The number of halogens is 3. The van der Waals surface area contributed by atoms with Gasteiger partial charge in [-0.1, -0.05) is 25.0 Å². The summed E-state index contributed by atoms with van der Waals surface area (Å²) in [4.78, 5) is 12.1. The molecular formula is C16H22F3N3O3S. The number of alkyl halides is 3. The van der Waals surface area contributed by atoms with Gasteiger partial charge in [-0.25, -0.2) is 0 Å². The number of amides is 1. The number of anilines is 1. The number of hydrogen-bond acceptors (Lipinski definition) is 3. The molecule has 1 heterocycles. The average Bonchev–Trinajstić information content (AvgIpc) is 2.84. The predicted molar refractivity (Wildman–Crippen MR) is 91.7 cm³/mol. The van der Waals surface area contributed by atoms with Crippen molar-refractivity contribution in [3.63, 3.8) is 0 Å². The highest BCUT2D eigenvalue weighted by molar-refractivity contribution is 7.86. The van der Waals surface area contributed by atoms with Crippen LogP contribution in [0.1, 0.15) is 31.2 Å². The Bertz CT molecular complexity index is 730. The normalized spacial score (nSPS) is 17.1. The largest absolute Gasteiger partial charge is 0.418 e. The predicted octanol–water partition coefficient (Wildman–Crippen LogP) is 2.70. The third-order valence-corrected chi connectivity index (χ3v) is 6.09. The molecule has 0 unspecified atom stereocenters. The Morgan fingerprint density at radius 2 is 1.73 bits per heavy atom. The molecular weight excluding hydrogens is 371 g/mol. The average molecular weight is 393 g/mol. The number of hydrogen-bond donors (Lipinski definition) is 1. The van der Waals surface area contributed by atoms with E-state index in [1.165, 1.54) is 23.5 Å². The van der Waals surface area contributed by atoms with E-state index in [1.807, 2.05) is 0 Å². The Hall–Kier alpha value is -1.65. The van der Waals surface area contributed by atoms with Gasteiger partial charge in [0.25, 0.3) is 10.2 Å². The molecule has 0 aromatic heterocycles. The van der Waals surface area contributed by atoms with Crippen LogP contribution in [0.5, 0.6) is 0 Å². The lowest BCUT2D eigenvalue weighted by Crippen LogP contribution is -2.45. The Balaban J connectivity index is 2.05. The quantitative estimate of drug-likeness (QED) is 0.836. The first kappa shape index (κ1) is 20.7. The van der Waals surface area contributed by atoms with Gasteiger partial charge in [0.2, 0.25) is 5.91 Å². The molecule has 1 aliphatic heterocycles. The molecule has 146 valence electrons. The summed E-state index contributed by atoms with van der Waals surface area (Å²) in [5, 5.41) is 2.15. The van der Waals surface area contributed by atoms with Crippen molar-refractivity contribution in [2.75, 3.05) is 32.0 Å². The number of likely N-dealkylation sites (N-methyl/N-ethyl adjacent to an activating group) is 1. The van der Waals surface area contributed by atoms with Crippen molar-refractivity contribution in [3.8, 4) is 0 Å². The van der Waals surface area contributed by atoms with Crippen molar-refractivity contribution in [2.24, 2.45) is 0 Å². The summed E-state index contributed by atoms with van der Waals surface area (Å²) in [5.41, 5.74) is -1.38. The second-order valence-corrected chi connectivity index (χ2v) is 8.20. The van der Waals surface area contributed by atoms with Gasteiger partial charge in [0.15, 0.2) is 0 Å². The zero-order valence-electron chi connectivity index (χ0n) is 14.4. The van der Waals surface area contributed by atoms with Crippen molar-refractivity contribution < 1.29 is 26.4 Å². The van der Waals surface area contributed by atoms with Gasteiger partial charge in [-0.05, 0) is 25.0 Å². The summed E-state index contributed by atoms with van der Waals surface area (Å²) in [6.07, 6.45) is -1.22. The van der Waals surface area contributed by atoms with Crippen molar-refractivity contribution in [1.29, 1.82) is 0 Å². The minimum Gasteiger partial charge on any atom is -0.324 e. The van der Waals surface area contributed by atoms with E-state index in [2.05, 4.69) is 5.32 Å². The lowest BCUT2D eigenvalue weighted by molar-refractivity contribution is -0.137. The van der Waals surface area contributed by atoms with Crippen molar-refractivity contribution >= 4 is 21.8 Å². The third-order valence-electron chi connectivity index (χ3n) is 4.16. The van der Waals surface area contributed by atoms with Crippen LogP contribution in [0.15, 0.2) is 24.3 Å². The molecule has 1 amide bonds. The highest BCUT2D eigenvalue weighted by Gasteiger charge is 2.34. The number of nitrogens with zero attached hydrogens (tertiary/aromatic N) is 2. The van der Waals surface area contributed by atoms with Gasteiger partial charge < -0.3 is 5.32 Å². The van der Waals surface area contributed by atoms with Crippen molar-refractivity contribution in [3.05, 3.63) is 29.8 Å². The number of rotatable bonds is 5. The lowest BCUT2D eigenvalue weighted by atomic mass is 10.1. The first-order valence-electron chi connectivity index (χ1n) is 8.30. The maximum Gasteiger partial charge on any atom is 0.418 e. The fourth-order valence-corrected chi connectivity index (χ4v) is 4.18. The Morgan fingerprint density at radius 3 is 2.31 bits per heavy atom. The fourth-order valence-electron chi connectivity index (χ4n) is 2.78. The van der Waals surface area contributed by atoms with Gasteiger partial charge in [-0.2, -0.15) is 30.2 Å². The van der Waals surface area contributed by atoms with E-state index in [9.17, 15) is 26.4 Å². The molecule has 10 heteroatoms. The summed E-state index contributed by atoms with van der Waals surface area (Å²) in [7, 11) is -2.58. The first-order valence-corrected chi connectivity index (χ1v) is 9.69. The molecule has 0 radical (unpaired) electrons. The van der Waals surface area contributed by atoms with Crippen LogP contribution in [0, 0.1) is 0 Å². The van der Waals surface area contributed by atoms with E-state index in [1.54, 1.807) is 0 Å². The molecule has 0 bridgehead atoms. The topological polar surface area (TPSA) is 69.7 Å². The van der Waals surface area contributed by atoms with E-state index < -0.39 is 40.1 Å². The van der Waals surface area contributed by atoms with Crippen LogP contribution in [-0.4, -0.2) is 49.6 Å². The van der Waals surface area contributed by atoms with E-state index in [0.717, 1.165) is 42.1 Å². The highest BCUT2D eigenvalue weighted by Crippen LogP contribution is 2.34. The monoisotopic (exact) mass is 393 g/mol. The van der Waals surface area contributed by atoms with Gasteiger partial charge in [-0.15, -0.1) is 0 Å². The molecule has 0 aliphatic carbocycles. The standard InChI is InChI=1S/C16H22F3N3O3S/c1-21(26(24,25)22-10-6-2-3-7-11-22)12-15(23)20-14-9-5-4-8-13(14)16(17,18)19/h4-5,8-9H,2-3,6-7,10-12H2,1H3,(H,20,23). The molecule has 1 N–H and O–H groups in total. The third kappa shape index (κ3) is 5.18. The summed E-state index contributed by atoms with van der Waals surface area (Å²) in [6, 6.07) is 4.56. The number of carbonyl (C=O) groups is 1. The van der Waals surface area contributed by atoms with Crippen LogP contribution < -0.4 is 5.32 Å². The number of carbonyl (C=O) groups excluding carboxylic acids is 1. The molecule has 6 nitrogen and oxygen atoms in total. The summed E-state index contributed by atoms with van der Waals surface area (Å²) < 4.78 is 66.2. The maximum atomic E-state index is 13.0. The van der Waals surface area contributed by atoms with Crippen LogP contribution in [0.2, 0.25) is 0 Å².